The van der Waals surface area contributed by atoms with E-state index in [0.717, 1.165) is 90.7 Å². The van der Waals surface area contributed by atoms with Gasteiger partial charge in [-0.05, 0) is 106 Å². The van der Waals surface area contributed by atoms with Crippen molar-refractivity contribution in [2.75, 3.05) is 33.9 Å². The lowest BCUT2D eigenvalue weighted by atomic mass is 10.0. The Morgan fingerprint density at radius 3 is 2.27 bits per heavy atom. The molecule has 6 atom stereocenters. The van der Waals surface area contributed by atoms with Crippen LogP contribution in [0.2, 0.25) is 0 Å². The first-order chi connectivity index (χ1) is 34.1. The number of rotatable bonds is 14. The third kappa shape index (κ3) is 7.61. The third-order valence-corrected chi connectivity index (χ3v) is 15.9. The zero-order valence-corrected chi connectivity index (χ0v) is 40.3. The van der Waals surface area contributed by atoms with Gasteiger partial charge in [0.15, 0.2) is 11.6 Å². The van der Waals surface area contributed by atoms with Gasteiger partial charge in [0, 0.05) is 93.4 Å². The molecule has 4 aromatic heterocycles. The highest BCUT2D eigenvalue weighted by Gasteiger charge is 2.47. The first kappa shape index (κ1) is 44.3. The number of carbonyl (C=O) groups excluding carboxylic acids is 2. The third-order valence-electron chi connectivity index (χ3n) is 15.9. The number of nitrogens with one attached hydrogen (secondary N) is 1. The molecule has 3 N–H and O–H groups in total. The predicted molar refractivity (Wildman–Crippen MR) is 266 cm³/mol. The van der Waals surface area contributed by atoms with Crippen molar-refractivity contribution >= 4 is 33.9 Å². The van der Waals surface area contributed by atoms with Gasteiger partial charge in [0.1, 0.15) is 45.8 Å². The van der Waals surface area contributed by atoms with E-state index in [-0.39, 0.29) is 29.9 Å². The predicted octanol–water partition coefficient (Wildman–Crippen LogP) is 7.09. The number of carbonyl (C=O) groups is 2. The Morgan fingerprint density at radius 2 is 1.57 bits per heavy atom. The van der Waals surface area contributed by atoms with Gasteiger partial charge < -0.3 is 48.6 Å². The number of aromatic nitrogens is 7. The van der Waals surface area contributed by atoms with Crippen LogP contribution in [0.15, 0.2) is 72.9 Å². The van der Waals surface area contributed by atoms with E-state index in [2.05, 4.69) is 50.3 Å². The van der Waals surface area contributed by atoms with Gasteiger partial charge in [-0.2, -0.15) is 5.26 Å². The molecule has 5 aliphatic rings. The van der Waals surface area contributed by atoms with E-state index in [1.165, 1.54) is 12.8 Å². The molecule has 2 bridgehead atoms. The number of nitrogens with two attached hydrogens (primary N) is 1. The highest BCUT2D eigenvalue weighted by atomic mass is 16.5. The lowest BCUT2D eigenvalue weighted by Gasteiger charge is -2.33. The van der Waals surface area contributed by atoms with Crippen LogP contribution >= 0.6 is 0 Å². The van der Waals surface area contributed by atoms with Crippen molar-refractivity contribution in [1.29, 1.82) is 5.26 Å². The average Bonchev–Trinajstić information content (AvgIpc) is 3.94. The van der Waals surface area contributed by atoms with Crippen molar-refractivity contribution in [3.05, 3.63) is 89.7 Å². The van der Waals surface area contributed by atoms with Gasteiger partial charge in [-0.1, -0.05) is 30.3 Å². The monoisotopic (exact) mass is 940 g/mol. The molecule has 2 amide bonds. The summed E-state index contributed by atoms with van der Waals surface area (Å²) in [4.78, 5) is 47.7. The fraction of sp³-hybridized carbons (Fsp3) is 0.444. The minimum atomic E-state index is -0.0322. The molecule has 16 heteroatoms. The first-order valence-electron chi connectivity index (χ1n) is 25.1. The van der Waals surface area contributed by atoms with Crippen molar-refractivity contribution in [2.45, 2.75) is 95.7 Å². The molecular formula is C54H60N12O4. The first-order valence-corrected chi connectivity index (χ1v) is 25.1. The van der Waals surface area contributed by atoms with E-state index >= 15 is 0 Å². The number of fused-ring (bicyclic) bond motifs is 4. The molecule has 0 spiro atoms. The highest BCUT2D eigenvalue weighted by molar-refractivity contribution is 6.01. The lowest BCUT2D eigenvalue weighted by Crippen LogP contribution is -2.49. The second-order valence-corrected chi connectivity index (χ2v) is 20.3. The molecule has 3 saturated carbocycles. The number of imidazole rings is 3. The number of amides is 2. The molecule has 5 fully saturated rings. The molecule has 6 heterocycles. The zero-order valence-electron chi connectivity index (χ0n) is 40.3. The van der Waals surface area contributed by atoms with E-state index in [1.807, 2.05) is 76.0 Å². The molecule has 3 aromatic carbocycles. The number of methoxy groups -OCH3 is 2. The van der Waals surface area contributed by atoms with Gasteiger partial charge in [-0.15, -0.1) is 0 Å². The summed E-state index contributed by atoms with van der Waals surface area (Å²) in [7, 11) is 5.24. The second-order valence-electron chi connectivity index (χ2n) is 20.3. The molecule has 360 valence electrons. The van der Waals surface area contributed by atoms with Crippen LogP contribution in [0.5, 0.6) is 11.5 Å². The van der Waals surface area contributed by atoms with E-state index in [9.17, 15) is 14.9 Å². The number of nitriles is 1. The lowest BCUT2D eigenvalue weighted by molar-refractivity contribution is 0.0689. The Labute approximate surface area is 407 Å². The summed E-state index contributed by atoms with van der Waals surface area (Å²) in [6, 6.07) is 24.5. The Kier molecular flexibility index (Phi) is 11.0. The standard InChI is InChI=1S/C54H60N12O4/c1-5-64-49-41(21-35(24-46(49)70-4)54(68)66-28-33-15-17-43(66)47(33)56)58-51(64)42-30-63(50(60-42)32-10-7-6-8-11-32)27-36-22-39(36)57-37-12-9-19-62(29-37)53(67)34-20-40-48(45(23-34)69-3)61(2)52(59-40)44-18-16-38(25-55)65(44)26-31-13-14-31/h6-8,10-11,16,18,20-21,23-24,30-31,33,36-37,39,43,47,57H,5,9,12-15,17,19,22,26-29,56H2,1-4H3/t33-,36?,37-,39?,43-,47-/m1/s1. The summed E-state index contributed by atoms with van der Waals surface area (Å²) in [5, 5.41) is 13.8. The Bertz CT molecular complexity index is 3230. The van der Waals surface area contributed by atoms with Gasteiger partial charge in [0.25, 0.3) is 11.8 Å². The van der Waals surface area contributed by atoms with Crippen molar-refractivity contribution < 1.29 is 19.1 Å². The number of aryl methyl sites for hydroxylation is 2. The van der Waals surface area contributed by atoms with Crippen LogP contribution in [0, 0.1) is 29.1 Å². The van der Waals surface area contributed by atoms with Crippen LogP contribution in [-0.2, 0) is 26.7 Å². The number of hydrogen-bond acceptors (Lipinski definition) is 10. The SMILES string of the molecule is CCn1c(-c2cn(CC3CC3N[C@@H]3CCCN(C(=O)c4cc(OC)c5c(c4)nc(-c4ccc(C#N)n4CC4CC4)n5C)C3)c(-c3ccccc3)n2)nc2cc(C(=O)N3C[C@H]4CC[C@@H]3[C@@H]4N)cc(OC)c21. The Hall–Kier alpha value is -6.96. The highest BCUT2D eigenvalue weighted by Crippen LogP contribution is 2.41. The molecule has 2 saturated heterocycles. The van der Waals surface area contributed by atoms with Crippen LogP contribution < -0.4 is 20.5 Å². The van der Waals surface area contributed by atoms with E-state index in [1.54, 1.807) is 14.2 Å². The number of benzene rings is 3. The van der Waals surface area contributed by atoms with E-state index < -0.39 is 0 Å². The summed E-state index contributed by atoms with van der Waals surface area (Å²) < 4.78 is 20.4. The van der Waals surface area contributed by atoms with Crippen LogP contribution in [0.3, 0.4) is 0 Å². The normalized spacial score (nSPS) is 22.9. The van der Waals surface area contributed by atoms with Gasteiger partial charge in [-0.25, -0.2) is 15.0 Å². The van der Waals surface area contributed by atoms with Crippen LogP contribution in [0.4, 0.5) is 0 Å². The minimum Gasteiger partial charge on any atom is -0.494 e. The molecule has 3 aliphatic carbocycles. The molecular weight excluding hydrogens is 881 g/mol. The topological polar surface area (TPSA) is 179 Å². The van der Waals surface area contributed by atoms with Crippen LogP contribution in [-0.4, -0.2) is 113 Å². The summed E-state index contributed by atoms with van der Waals surface area (Å²) in [6.45, 7) is 6.29. The number of piperidine rings is 2. The van der Waals surface area contributed by atoms with Gasteiger partial charge in [-0.3, -0.25) is 9.59 Å². The van der Waals surface area contributed by atoms with Crippen LogP contribution in [0.1, 0.15) is 78.3 Å². The maximum Gasteiger partial charge on any atom is 0.254 e. The molecule has 2 aliphatic heterocycles. The number of hydrogen-bond donors (Lipinski definition) is 2. The van der Waals surface area contributed by atoms with E-state index in [4.69, 9.17) is 30.2 Å². The van der Waals surface area contributed by atoms with Crippen molar-refractivity contribution in [3.8, 4) is 52.0 Å². The smallest absolute Gasteiger partial charge is 0.254 e. The Morgan fingerprint density at radius 1 is 0.829 bits per heavy atom. The van der Waals surface area contributed by atoms with Gasteiger partial charge in [0.2, 0.25) is 0 Å². The molecule has 16 nitrogen and oxygen atoms in total. The maximum atomic E-state index is 14.3. The zero-order chi connectivity index (χ0) is 47.9. The van der Waals surface area contributed by atoms with E-state index in [0.29, 0.717) is 89.3 Å². The molecule has 70 heavy (non-hydrogen) atoms. The van der Waals surface area contributed by atoms with Crippen molar-refractivity contribution in [2.24, 2.45) is 30.5 Å². The summed E-state index contributed by atoms with van der Waals surface area (Å²) in [6.07, 6.45) is 9.41. The molecule has 2 unspecified atom stereocenters. The van der Waals surface area contributed by atoms with Crippen LogP contribution in [0.25, 0.3) is 56.5 Å². The Balaban J connectivity index is 0.764. The fourth-order valence-corrected chi connectivity index (χ4v) is 12.0. The molecule has 0 radical (unpaired) electrons. The van der Waals surface area contributed by atoms with Gasteiger partial charge in [0.05, 0.1) is 30.9 Å². The summed E-state index contributed by atoms with van der Waals surface area (Å²) in [5.41, 5.74) is 13.9. The fourth-order valence-electron chi connectivity index (χ4n) is 12.0. The van der Waals surface area contributed by atoms with Crippen molar-refractivity contribution in [1.82, 2.24) is 48.3 Å². The molecule has 7 aromatic rings. The molecule has 12 rings (SSSR count). The van der Waals surface area contributed by atoms with Crippen molar-refractivity contribution in [3.63, 3.8) is 0 Å². The summed E-state index contributed by atoms with van der Waals surface area (Å²) >= 11 is 0. The van der Waals surface area contributed by atoms with Gasteiger partial charge >= 0.3 is 0 Å². The number of ether oxygens (including phenoxy) is 2. The minimum absolute atomic E-state index is 0.0214. The second kappa shape index (κ2) is 17.5. The maximum absolute atomic E-state index is 14.3. The number of likely N-dealkylation sites (tertiary alicyclic amines) is 2. The number of nitrogens with zero attached hydrogens (tertiary/aromatic N) is 10. The largest absolute Gasteiger partial charge is 0.494 e. The quantitative estimate of drug-likeness (QED) is 0.114. The summed E-state index contributed by atoms with van der Waals surface area (Å²) in [5.74, 6) is 4.81. The average molecular weight is 941 g/mol.